The second-order valence-corrected chi connectivity index (χ2v) is 8.75. The van der Waals surface area contributed by atoms with Crippen molar-refractivity contribution in [2.24, 2.45) is 11.8 Å². The smallest absolute Gasteiger partial charge is 0.271 e. The van der Waals surface area contributed by atoms with Gasteiger partial charge in [-0.05, 0) is 23.6 Å². The molecule has 2 saturated heterocycles. The molecule has 5 rings (SSSR count). The Morgan fingerprint density at radius 3 is 2.68 bits per heavy atom. The molecular formula is C23H24N6O5. The predicted octanol–water partition coefficient (Wildman–Crippen LogP) is 0.673. The topological polar surface area (TPSA) is 146 Å². The summed E-state index contributed by atoms with van der Waals surface area (Å²) in [5, 5.41) is 22.7. The zero-order chi connectivity index (χ0) is 23.8. The van der Waals surface area contributed by atoms with Crippen molar-refractivity contribution in [3.8, 4) is 0 Å². The van der Waals surface area contributed by atoms with Crippen LogP contribution in [0.15, 0.2) is 48.5 Å². The Labute approximate surface area is 195 Å². The summed E-state index contributed by atoms with van der Waals surface area (Å²) in [4.78, 5) is 51.2. The fourth-order valence-corrected chi connectivity index (χ4v) is 4.93. The van der Waals surface area contributed by atoms with Crippen LogP contribution in [0.5, 0.6) is 0 Å². The molecular weight excluding hydrogens is 440 g/mol. The fourth-order valence-electron chi connectivity index (χ4n) is 4.93. The standard InChI is InChI=1S/C23H24N6O5/c30-18-11-17(21(31)24-15-6-3-7-16(10-15)29(33)34)19-20(25-18)26-23(27-22(19)32)28-9-8-13-4-1-2-5-14(13)12-28/h1-7,10,17,19-20,23,26H,8-9,11-12H2,(H,24,31)(H,25,30)(H,27,32). The first-order valence-electron chi connectivity index (χ1n) is 11.1. The van der Waals surface area contributed by atoms with E-state index in [2.05, 4.69) is 38.3 Å². The number of carbonyl (C=O) groups is 3. The molecule has 0 radical (unpaired) electrons. The number of nitrogens with zero attached hydrogens (tertiary/aromatic N) is 2. The fraction of sp³-hybridized carbons (Fsp3) is 0.348. The van der Waals surface area contributed by atoms with Crippen molar-refractivity contribution in [1.82, 2.24) is 20.9 Å². The summed E-state index contributed by atoms with van der Waals surface area (Å²) in [7, 11) is 0. The molecule has 34 heavy (non-hydrogen) atoms. The van der Waals surface area contributed by atoms with Crippen molar-refractivity contribution in [1.29, 1.82) is 0 Å². The highest BCUT2D eigenvalue weighted by Gasteiger charge is 2.49. The molecule has 0 saturated carbocycles. The molecule has 0 aromatic heterocycles. The van der Waals surface area contributed by atoms with Crippen LogP contribution >= 0.6 is 0 Å². The van der Waals surface area contributed by atoms with Crippen LogP contribution in [0, 0.1) is 22.0 Å². The first-order valence-corrected chi connectivity index (χ1v) is 11.1. The molecule has 0 spiro atoms. The molecule has 4 unspecified atom stereocenters. The van der Waals surface area contributed by atoms with Crippen molar-refractivity contribution >= 4 is 29.1 Å². The lowest BCUT2D eigenvalue weighted by Gasteiger charge is -2.47. The van der Waals surface area contributed by atoms with Gasteiger partial charge in [-0.25, -0.2) is 0 Å². The van der Waals surface area contributed by atoms with Crippen LogP contribution in [-0.2, 0) is 27.3 Å². The summed E-state index contributed by atoms with van der Waals surface area (Å²) in [6, 6.07) is 13.7. The highest BCUT2D eigenvalue weighted by Crippen LogP contribution is 2.29. The van der Waals surface area contributed by atoms with Crippen molar-refractivity contribution < 1.29 is 19.3 Å². The zero-order valence-electron chi connectivity index (χ0n) is 18.2. The van der Waals surface area contributed by atoms with Gasteiger partial charge in [0, 0.05) is 37.3 Å². The number of piperidine rings is 1. The number of hydrogen-bond acceptors (Lipinski definition) is 7. The molecule has 3 amide bonds. The van der Waals surface area contributed by atoms with Gasteiger partial charge in [-0.3, -0.25) is 34.7 Å². The molecule has 176 valence electrons. The molecule has 4 N–H and O–H groups in total. The van der Waals surface area contributed by atoms with E-state index in [0.717, 1.165) is 13.0 Å². The maximum Gasteiger partial charge on any atom is 0.271 e. The molecule has 2 fully saturated rings. The maximum atomic E-state index is 13.1. The zero-order valence-corrected chi connectivity index (χ0v) is 18.2. The molecule has 11 nitrogen and oxygen atoms in total. The summed E-state index contributed by atoms with van der Waals surface area (Å²) >= 11 is 0. The van der Waals surface area contributed by atoms with Crippen LogP contribution in [0.25, 0.3) is 0 Å². The van der Waals surface area contributed by atoms with E-state index in [9.17, 15) is 24.5 Å². The van der Waals surface area contributed by atoms with Gasteiger partial charge >= 0.3 is 0 Å². The first kappa shape index (κ1) is 22.0. The van der Waals surface area contributed by atoms with Gasteiger partial charge in [0.05, 0.1) is 22.9 Å². The highest BCUT2D eigenvalue weighted by atomic mass is 16.6. The van der Waals surface area contributed by atoms with Crippen LogP contribution in [0.4, 0.5) is 11.4 Å². The monoisotopic (exact) mass is 464 g/mol. The van der Waals surface area contributed by atoms with Crippen LogP contribution < -0.4 is 21.3 Å². The van der Waals surface area contributed by atoms with Gasteiger partial charge in [0.25, 0.3) is 5.69 Å². The lowest BCUT2D eigenvalue weighted by molar-refractivity contribution is -0.384. The Bertz CT molecular complexity index is 1170. The molecule has 4 atom stereocenters. The van der Waals surface area contributed by atoms with Crippen LogP contribution in [0.3, 0.4) is 0 Å². The van der Waals surface area contributed by atoms with Gasteiger partial charge in [0.15, 0.2) is 0 Å². The summed E-state index contributed by atoms with van der Waals surface area (Å²) in [6.45, 7) is 1.38. The van der Waals surface area contributed by atoms with E-state index in [1.54, 1.807) is 0 Å². The van der Waals surface area contributed by atoms with Gasteiger partial charge in [-0.2, -0.15) is 0 Å². The molecule has 2 aromatic carbocycles. The molecule has 0 aliphatic carbocycles. The van der Waals surface area contributed by atoms with Gasteiger partial charge in [-0.15, -0.1) is 0 Å². The number of rotatable bonds is 4. The average Bonchev–Trinajstić information content (AvgIpc) is 2.83. The Morgan fingerprint density at radius 2 is 1.88 bits per heavy atom. The number of nitro benzene ring substituents is 1. The third-order valence-electron chi connectivity index (χ3n) is 6.62. The number of benzene rings is 2. The summed E-state index contributed by atoms with van der Waals surface area (Å²) in [6.07, 6.45) is -0.503. The van der Waals surface area contributed by atoms with E-state index < -0.39 is 35.1 Å². The van der Waals surface area contributed by atoms with Crippen molar-refractivity contribution in [3.63, 3.8) is 0 Å². The molecule has 3 heterocycles. The SMILES string of the molecule is O=C1CC(C(=O)Nc2cccc([N+](=O)[O-])c2)C2C(=O)NC(N3CCc4ccccc4C3)NC2N1. The lowest BCUT2D eigenvalue weighted by atomic mass is 9.81. The maximum absolute atomic E-state index is 13.1. The van der Waals surface area contributed by atoms with E-state index in [4.69, 9.17) is 0 Å². The van der Waals surface area contributed by atoms with Gasteiger partial charge < -0.3 is 16.0 Å². The number of hydrogen-bond donors (Lipinski definition) is 4. The van der Waals surface area contributed by atoms with E-state index in [1.807, 2.05) is 12.1 Å². The van der Waals surface area contributed by atoms with Crippen LogP contribution in [-0.4, -0.2) is 46.5 Å². The Kier molecular flexibility index (Phi) is 5.72. The highest BCUT2D eigenvalue weighted by molar-refractivity contribution is 6.00. The Balaban J connectivity index is 1.31. The van der Waals surface area contributed by atoms with Gasteiger partial charge in [0.2, 0.25) is 17.7 Å². The van der Waals surface area contributed by atoms with Gasteiger partial charge in [0.1, 0.15) is 6.29 Å². The first-order chi connectivity index (χ1) is 16.4. The number of carbonyl (C=O) groups excluding carboxylic acids is 3. The van der Waals surface area contributed by atoms with Crippen molar-refractivity contribution in [2.45, 2.75) is 31.8 Å². The number of nitrogens with one attached hydrogen (secondary N) is 4. The normalized spacial score (nSPS) is 26.5. The third kappa shape index (κ3) is 4.22. The minimum Gasteiger partial charge on any atom is -0.340 e. The Morgan fingerprint density at radius 1 is 1.09 bits per heavy atom. The Hall–Kier alpha value is -3.83. The average molecular weight is 464 g/mol. The quantitative estimate of drug-likeness (QED) is 0.384. The van der Waals surface area contributed by atoms with Crippen LogP contribution in [0.1, 0.15) is 17.5 Å². The van der Waals surface area contributed by atoms with E-state index in [0.29, 0.717) is 6.54 Å². The summed E-state index contributed by atoms with van der Waals surface area (Å²) in [5.41, 5.74) is 2.53. The van der Waals surface area contributed by atoms with Crippen LogP contribution in [0.2, 0.25) is 0 Å². The lowest BCUT2D eigenvalue weighted by Crippen LogP contribution is -2.74. The molecule has 0 bridgehead atoms. The minimum atomic E-state index is -0.923. The molecule has 11 heteroatoms. The number of nitro groups is 1. The number of amides is 3. The molecule has 2 aromatic rings. The second-order valence-electron chi connectivity index (χ2n) is 8.75. The number of non-ortho nitro benzene ring substituents is 1. The second kappa shape index (κ2) is 8.84. The number of fused-ring (bicyclic) bond motifs is 2. The summed E-state index contributed by atoms with van der Waals surface area (Å²) < 4.78 is 0. The van der Waals surface area contributed by atoms with E-state index in [1.165, 1.54) is 35.4 Å². The molecule has 3 aliphatic rings. The number of anilines is 1. The minimum absolute atomic E-state index is 0.154. The summed E-state index contributed by atoms with van der Waals surface area (Å²) in [5.74, 6) is -2.94. The van der Waals surface area contributed by atoms with Crippen molar-refractivity contribution in [3.05, 3.63) is 69.8 Å². The van der Waals surface area contributed by atoms with Gasteiger partial charge in [-0.1, -0.05) is 30.3 Å². The largest absolute Gasteiger partial charge is 0.340 e. The van der Waals surface area contributed by atoms with Crippen molar-refractivity contribution in [2.75, 3.05) is 11.9 Å². The third-order valence-corrected chi connectivity index (χ3v) is 6.62. The molecule has 3 aliphatic heterocycles. The van der Waals surface area contributed by atoms with E-state index in [-0.39, 0.29) is 29.6 Å². The predicted molar refractivity (Wildman–Crippen MR) is 121 cm³/mol. The van der Waals surface area contributed by atoms with E-state index >= 15 is 0 Å².